The third-order valence-electron chi connectivity index (χ3n) is 3.50. The van der Waals surface area contributed by atoms with Gasteiger partial charge in [-0.2, -0.15) is 0 Å². The van der Waals surface area contributed by atoms with Crippen molar-refractivity contribution >= 4 is 11.9 Å². The maximum atomic E-state index is 11.7. The fourth-order valence-corrected chi connectivity index (χ4v) is 2.23. The molecule has 0 atom stereocenters. The molecule has 3 N–H and O–H groups in total. The average Bonchev–Trinajstić information content (AvgIpc) is 3.12. The maximum absolute atomic E-state index is 11.7. The van der Waals surface area contributed by atoms with Crippen molar-refractivity contribution in [3.8, 4) is 0 Å². The summed E-state index contributed by atoms with van der Waals surface area (Å²) >= 11 is 0. The molecule has 0 aliphatic carbocycles. The SMILES string of the molecule is CN=C(NCCNC(=O)c1ccco1)NCCN1CCOCC1. The number of ether oxygens (including phenoxy) is 1. The Morgan fingerprint density at radius 2 is 1.96 bits per heavy atom. The molecule has 0 aromatic carbocycles. The van der Waals surface area contributed by atoms with Gasteiger partial charge >= 0.3 is 0 Å². The number of guanidine groups is 1. The molecule has 1 aliphatic rings. The number of aliphatic imine (C=N–C) groups is 1. The third kappa shape index (κ3) is 6.29. The van der Waals surface area contributed by atoms with Gasteiger partial charge in [0.25, 0.3) is 5.91 Å². The second-order valence-corrected chi connectivity index (χ2v) is 5.11. The van der Waals surface area contributed by atoms with Crippen LogP contribution in [-0.4, -0.2) is 76.3 Å². The topological polar surface area (TPSA) is 91.1 Å². The molecule has 8 heteroatoms. The van der Waals surface area contributed by atoms with E-state index in [1.165, 1.54) is 6.26 Å². The lowest BCUT2D eigenvalue weighted by molar-refractivity contribution is 0.0389. The summed E-state index contributed by atoms with van der Waals surface area (Å²) in [6.45, 7) is 6.43. The van der Waals surface area contributed by atoms with E-state index >= 15 is 0 Å². The fourth-order valence-electron chi connectivity index (χ4n) is 2.23. The van der Waals surface area contributed by atoms with Crippen LogP contribution in [0.5, 0.6) is 0 Å². The van der Waals surface area contributed by atoms with Crippen LogP contribution in [0.2, 0.25) is 0 Å². The Bertz CT molecular complexity index is 483. The molecule has 128 valence electrons. The van der Waals surface area contributed by atoms with Gasteiger partial charge in [-0.15, -0.1) is 0 Å². The van der Waals surface area contributed by atoms with Crippen LogP contribution < -0.4 is 16.0 Å². The van der Waals surface area contributed by atoms with Gasteiger partial charge in [0.05, 0.1) is 19.5 Å². The summed E-state index contributed by atoms with van der Waals surface area (Å²) < 4.78 is 10.3. The predicted octanol–water partition coefficient (Wildman–Crippen LogP) is -0.493. The molecular formula is C15H25N5O3. The largest absolute Gasteiger partial charge is 0.459 e. The van der Waals surface area contributed by atoms with E-state index in [0.717, 1.165) is 45.4 Å². The van der Waals surface area contributed by atoms with Crippen LogP contribution in [0.25, 0.3) is 0 Å². The monoisotopic (exact) mass is 323 g/mol. The van der Waals surface area contributed by atoms with Crippen molar-refractivity contribution in [1.29, 1.82) is 0 Å². The summed E-state index contributed by atoms with van der Waals surface area (Å²) in [6.07, 6.45) is 1.48. The summed E-state index contributed by atoms with van der Waals surface area (Å²) in [4.78, 5) is 18.2. The van der Waals surface area contributed by atoms with Crippen LogP contribution in [-0.2, 0) is 4.74 Å². The number of morpholine rings is 1. The smallest absolute Gasteiger partial charge is 0.287 e. The molecule has 1 amide bonds. The molecule has 8 nitrogen and oxygen atoms in total. The number of furan rings is 1. The molecule has 1 fully saturated rings. The molecule has 1 aliphatic heterocycles. The number of amides is 1. The highest BCUT2D eigenvalue weighted by molar-refractivity contribution is 5.91. The predicted molar refractivity (Wildman–Crippen MR) is 87.7 cm³/mol. The molecular weight excluding hydrogens is 298 g/mol. The first-order valence-corrected chi connectivity index (χ1v) is 7.86. The number of hydrogen-bond donors (Lipinski definition) is 3. The average molecular weight is 323 g/mol. The van der Waals surface area contributed by atoms with Crippen molar-refractivity contribution in [2.24, 2.45) is 4.99 Å². The number of rotatable bonds is 7. The van der Waals surface area contributed by atoms with E-state index in [-0.39, 0.29) is 5.91 Å². The highest BCUT2D eigenvalue weighted by Crippen LogP contribution is 1.98. The molecule has 23 heavy (non-hydrogen) atoms. The van der Waals surface area contributed by atoms with Gasteiger partial charge in [0.15, 0.2) is 11.7 Å². The lowest BCUT2D eigenvalue weighted by Gasteiger charge is -2.26. The van der Waals surface area contributed by atoms with E-state index < -0.39 is 0 Å². The zero-order chi connectivity index (χ0) is 16.3. The molecule has 0 spiro atoms. The zero-order valence-corrected chi connectivity index (χ0v) is 13.5. The molecule has 1 aromatic rings. The number of carbonyl (C=O) groups is 1. The Morgan fingerprint density at radius 3 is 2.65 bits per heavy atom. The summed E-state index contributed by atoms with van der Waals surface area (Å²) in [6, 6.07) is 3.32. The van der Waals surface area contributed by atoms with Crippen LogP contribution in [0.1, 0.15) is 10.6 Å². The summed E-state index contributed by atoms with van der Waals surface area (Å²) in [7, 11) is 1.73. The number of carbonyl (C=O) groups excluding carboxylic acids is 1. The van der Waals surface area contributed by atoms with Crippen molar-refractivity contribution in [1.82, 2.24) is 20.9 Å². The number of nitrogens with one attached hydrogen (secondary N) is 3. The third-order valence-corrected chi connectivity index (χ3v) is 3.50. The number of hydrogen-bond acceptors (Lipinski definition) is 5. The Balaban J connectivity index is 1.55. The molecule has 2 rings (SSSR count). The van der Waals surface area contributed by atoms with E-state index in [2.05, 4.69) is 25.8 Å². The van der Waals surface area contributed by atoms with Crippen LogP contribution in [0, 0.1) is 0 Å². The van der Waals surface area contributed by atoms with Crippen molar-refractivity contribution in [2.45, 2.75) is 0 Å². The second-order valence-electron chi connectivity index (χ2n) is 5.11. The molecule has 1 aromatic heterocycles. The van der Waals surface area contributed by atoms with E-state index in [0.29, 0.717) is 18.8 Å². The molecule has 0 bridgehead atoms. The van der Waals surface area contributed by atoms with Crippen LogP contribution in [0.4, 0.5) is 0 Å². The second kappa shape index (κ2) is 9.86. The van der Waals surface area contributed by atoms with Gasteiger partial charge in [0.1, 0.15) is 0 Å². The summed E-state index contributed by atoms with van der Waals surface area (Å²) in [5.74, 6) is 0.829. The van der Waals surface area contributed by atoms with Crippen molar-refractivity contribution in [3.05, 3.63) is 24.2 Å². The van der Waals surface area contributed by atoms with E-state index in [1.807, 2.05) is 0 Å². The van der Waals surface area contributed by atoms with Gasteiger partial charge in [-0.05, 0) is 12.1 Å². The minimum absolute atomic E-state index is 0.216. The fraction of sp³-hybridized carbons (Fsp3) is 0.600. The Kier molecular flexibility index (Phi) is 7.41. The van der Waals surface area contributed by atoms with Crippen molar-refractivity contribution in [2.75, 3.05) is 59.5 Å². The first-order valence-electron chi connectivity index (χ1n) is 7.86. The van der Waals surface area contributed by atoms with Gasteiger partial charge in [-0.1, -0.05) is 0 Å². The normalized spacial score (nSPS) is 16.1. The summed E-state index contributed by atoms with van der Waals surface area (Å²) in [5, 5.41) is 9.19. The van der Waals surface area contributed by atoms with Crippen LogP contribution in [0.15, 0.2) is 27.8 Å². The van der Waals surface area contributed by atoms with Gasteiger partial charge in [0, 0.05) is 46.3 Å². The first kappa shape index (κ1) is 17.3. The number of nitrogens with zero attached hydrogens (tertiary/aromatic N) is 2. The standard InChI is InChI=1S/C15H25N5O3/c1-16-15(19-6-7-20-8-11-22-12-9-20)18-5-4-17-14(21)13-3-2-10-23-13/h2-3,10H,4-9,11-12H2,1H3,(H,17,21)(H2,16,18,19). The summed E-state index contributed by atoms with van der Waals surface area (Å²) in [5.41, 5.74) is 0. The van der Waals surface area contributed by atoms with Crippen LogP contribution in [0.3, 0.4) is 0 Å². The molecule has 1 saturated heterocycles. The van der Waals surface area contributed by atoms with Crippen LogP contribution >= 0.6 is 0 Å². The minimum atomic E-state index is -0.216. The highest BCUT2D eigenvalue weighted by atomic mass is 16.5. The highest BCUT2D eigenvalue weighted by Gasteiger charge is 2.10. The molecule has 0 unspecified atom stereocenters. The lowest BCUT2D eigenvalue weighted by Crippen LogP contribution is -2.45. The van der Waals surface area contributed by atoms with E-state index in [4.69, 9.17) is 9.15 Å². The van der Waals surface area contributed by atoms with Gasteiger partial charge < -0.3 is 25.1 Å². The first-order chi connectivity index (χ1) is 11.3. The molecule has 2 heterocycles. The maximum Gasteiger partial charge on any atom is 0.287 e. The van der Waals surface area contributed by atoms with Crippen molar-refractivity contribution < 1.29 is 13.9 Å². The zero-order valence-electron chi connectivity index (χ0n) is 13.5. The molecule has 0 radical (unpaired) electrons. The van der Waals surface area contributed by atoms with Crippen molar-refractivity contribution in [3.63, 3.8) is 0 Å². The quantitative estimate of drug-likeness (QED) is 0.356. The Labute approximate surface area is 136 Å². The lowest BCUT2D eigenvalue weighted by atomic mass is 10.4. The Morgan fingerprint density at radius 1 is 1.22 bits per heavy atom. The van der Waals surface area contributed by atoms with Gasteiger partial charge in [-0.25, -0.2) is 0 Å². The van der Waals surface area contributed by atoms with E-state index in [1.54, 1.807) is 19.2 Å². The molecule has 0 saturated carbocycles. The van der Waals surface area contributed by atoms with E-state index in [9.17, 15) is 4.79 Å². The van der Waals surface area contributed by atoms with Gasteiger partial charge in [-0.3, -0.25) is 14.7 Å². The minimum Gasteiger partial charge on any atom is -0.459 e. The van der Waals surface area contributed by atoms with Gasteiger partial charge in [0.2, 0.25) is 0 Å². The Hall–Kier alpha value is -2.06.